The molecule has 31 heavy (non-hydrogen) atoms. The Labute approximate surface area is 187 Å². The fraction of sp³-hybridized carbons (Fsp3) is 0.481. The summed E-state index contributed by atoms with van der Waals surface area (Å²) in [5.41, 5.74) is 5.35. The van der Waals surface area contributed by atoms with E-state index in [1.807, 2.05) is 0 Å². The van der Waals surface area contributed by atoms with Crippen molar-refractivity contribution in [2.24, 2.45) is 0 Å². The lowest BCUT2D eigenvalue weighted by Crippen LogP contribution is -1.99. The Morgan fingerprint density at radius 2 is 0.903 bits per heavy atom. The fourth-order valence-corrected chi connectivity index (χ4v) is 3.64. The van der Waals surface area contributed by atoms with Gasteiger partial charge >= 0.3 is 11.9 Å². The summed E-state index contributed by atoms with van der Waals surface area (Å²) in [5.74, 6) is -0.235. The SMILES string of the molecule is COC(=O)CCCCCc1ccc(Cc2ccc(CCCCCC(=O)OC)cc2)cc1. The summed E-state index contributed by atoms with van der Waals surface area (Å²) in [4.78, 5) is 22.2. The summed E-state index contributed by atoms with van der Waals surface area (Å²) in [6, 6.07) is 17.8. The molecule has 168 valence electrons. The van der Waals surface area contributed by atoms with E-state index in [2.05, 4.69) is 58.0 Å². The second-order valence-corrected chi connectivity index (χ2v) is 8.08. The minimum absolute atomic E-state index is 0.118. The van der Waals surface area contributed by atoms with Gasteiger partial charge in [0.15, 0.2) is 0 Å². The molecule has 0 spiro atoms. The number of hydrogen-bond acceptors (Lipinski definition) is 4. The molecule has 0 heterocycles. The molecule has 2 aromatic carbocycles. The summed E-state index contributed by atoms with van der Waals surface area (Å²) in [6.07, 6.45) is 10.2. The van der Waals surface area contributed by atoms with Crippen LogP contribution in [0.25, 0.3) is 0 Å². The third kappa shape index (κ3) is 10.3. The first-order valence-electron chi connectivity index (χ1n) is 11.4. The van der Waals surface area contributed by atoms with Gasteiger partial charge in [0, 0.05) is 12.8 Å². The van der Waals surface area contributed by atoms with E-state index < -0.39 is 0 Å². The van der Waals surface area contributed by atoms with Gasteiger partial charge in [-0.1, -0.05) is 61.4 Å². The van der Waals surface area contributed by atoms with Crippen LogP contribution in [0.4, 0.5) is 0 Å². The number of ether oxygens (including phenoxy) is 2. The molecule has 0 radical (unpaired) electrons. The largest absolute Gasteiger partial charge is 0.469 e. The Kier molecular flexibility index (Phi) is 11.4. The number of unbranched alkanes of at least 4 members (excludes halogenated alkanes) is 4. The number of carbonyl (C=O) groups is 2. The van der Waals surface area contributed by atoms with Crippen LogP contribution in [0.2, 0.25) is 0 Å². The number of esters is 2. The van der Waals surface area contributed by atoms with Crippen LogP contribution in [0, 0.1) is 0 Å². The number of benzene rings is 2. The Hall–Kier alpha value is -2.62. The van der Waals surface area contributed by atoms with E-state index in [4.69, 9.17) is 0 Å². The molecule has 4 nitrogen and oxygen atoms in total. The van der Waals surface area contributed by atoms with Crippen LogP contribution < -0.4 is 0 Å². The topological polar surface area (TPSA) is 52.6 Å². The lowest BCUT2D eigenvalue weighted by molar-refractivity contribution is -0.141. The van der Waals surface area contributed by atoms with Gasteiger partial charge in [-0.25, -0.2) is 0 Å². The van der Waals surface area contributed by atoms with Crippen molar-refractivity contribution in [1.29, 1.82) is 0 Å². The van der Waals surface area contributed by atoms with Gasteiger partial charge in [-0.15, -0.1) is 0 Å². The van der Waals surface area contributed by atoms with Gasteiger partial charge in [0.25, 0.3) is 0 Å². The molecule has 0 aromatic heterocycles. The molecule has 2 aromatic rings. The number of methoxy groups -OCH3 is 2. The van der Waals surface area contributed by atoms with Crippen molar-refractivity contribution in [3.05, 3.63) is 70.8 Å². The molecule has 0 aliphatic rings. The van der Waals surface area contributed by atoms with Crippen LogP contribution in [0.5, 0.6) is 0 Å². The van der Waals surface area contributed by atoms with Crippen LogP contribution in [0.15, 0.2) is 48.5 Å². The molecule has 0 unspecified atom stereocenters. The van der Waals surface area contributed by atoms with Crippen molar-refractivity contribution in [3.8, 4) is 0 Å². The molecule has 0 bridgehead atoms. The smallest absolute Gasteiger partial charge is 0.305 e. The van der Waals surface area contributed by atoms with Crippen LogP contribution in [-0.2, 0) is 38.3 Å². The predicted molar refractivity (Wildman–Crippen MR) is 124 cm³/mol. The van der Waals surface area contributed by atoms with Crippen molar-refractivity contribution in [3.63, 3.8) is 0 Å². The van der Waals surface area contributed by atoms with E-state index in [1.165, 1.54) is 36.5 Å². The summed E-state index contributed by atoms with van der Waals surface area (Å²) in [6.45, 7) is 0. The van der Waals surface area contributed by atoms with Crippen molar-refractivity contribution < 1.29 is 19.1 Å². The zero-order valence-electron chi connectivity index (χ0n) is 19.0. The molecular formula is C27H36O4. The maximum absolute atomic E-state index is 11.1. The van der Waals surface area contributed by atoms with Gasteiger partial charge in [0.05, 0.1) is 14.2 Å². The lowest BCUT2D eigenvalue weighted by Gasteiger charge is -2.07. The monoisotopic (exact) mass is 424 g/mol. The van der Waals surface area contributed by atoms with E-state index in [1.54, 1.807) is 0 Å². The number of hydrogen-bond donors (Lipinski definition) is 0. The zero-order chi connectivity index (χ0) is 22.3. The number of aryl methyl sites for hydroxylation is 2. The maximum atomic E-state index is 11.1. The third-order valence-electron chi connectivity index (χ3n) is 5.60. The molecule has 0 aliphatic heterocycles. The van der Waals surface area contributed by atoms with E-state index in [-0.39, 0.29) is 11.9 Å². The summed E-state index contributed by atoms with van der Waals surface area (Å²) in [7, 11) is 2.88. The highest BCUT2D eigenvalue weighted by molar-refractivity contribution is 5.69. The first-order chi connectivity index (χ1) is 15.1. The minimum atomic E-state index is -0.118. The molecule has 0 aliphatic carbocycles. The standard InChI is InChI=1S/C27H36O4/c1-30-26(28)11-7-3-5-9-22-13-17-24(18-14-22)21-25-19-15-23(16-20-25)10-6-4-8-12-27(29)31-2/h13-20H,3-12,21H2,1-2H3. The first kappa shape index (κ1) is 24.6. The van der Waals surface area contributed by atoms with E-state index >= 15 is 0 Å². The van der Waals surface area contributed by atoms with Gasteiger partial charge < -0.3 is 9.47 Å². The van der Waals surface area contributed by atoms with E-state index in [9.17, 15) is 9.59 Å². The Balaban J connectivity index is 1.67. The molecule has 4 heteroatoms. The molecule has 0 atom stereocenters. The van der Waals surface area contributed by atoms with Crippen molar-refractivity contribution in [1.82, 2.24) is 0 Å². The summed E-state index contributed by atoms with van der Waals surface area (Å²) >= 11 is 0. The maximum Gasteiger partial charge on any atom is 0.305 e. The van der Waals surface area contributed by atoms with Crippen molar-refractivity contribution in [2.75, 3.05) is 14.2 Å². The van der Waals surface area contributed by atoms with Gasteiger partial charge in [-0.3, -0.25) is 9.59 Å². The molecule has 0 saturated carbocycles. The second-order valence-electron chi connectivity index (χ2n) is 8.08. The molecule has 0 amide bonds. The van der Waals surface area contributed by atoms with Crippen LogP contribution >= 0.6 is 0 Å². The second kappa shape index (κ2) is 14.4. The Morgan fingerprint density at radius 3 is 1.26 bits per heavy atom. The Morgan fingerprint density at radius 1 is 0.548 bits per heavy atom. The molecule has 0 N–H and O–H groups in total. The average molecular weight is 425 g/mol. The molecule has 0 fully saturated rings. The number of carbonyl (C=O) groups excluding carboxylic acids is 2. The van der Waals surface area contributed by atoms with Gasteiger partial charge in [0.2, 0.25) is 0 Å². The highest BCUT2D eigenvalue weighted by Crippen LogP contribution is 2.15. The van der Waals surface area contributed by atoms with E-state index in [0.717, 1.165) is 57.8 Å². The Bertz CT molecular complexity index is 710. The van der Waals surface area contributed by atoms with Gasteiger partial charge in [0.1, 0.15) is 0 Å². The molecule has 2 rings (SSSR count). The normalized spacial score (nSPS) is 10.6. The number of rotatable bonds is 14. The summed E-state index contributed by atoms with van der Waals surface area (Å²) in [5, 5.41) is 0. The van der Waals surface area contributed by atoms with Gasteiger partial charge in [-0.2, -0.15) is 0 Å². The molecule has 0 saturated heterocycles. The quantitative estimate of drug-likeness (QED) is 0.283. The zero-order valence-corrected chi connectivity index (χ0v) is 19.0. The first-order valence-corrected chi connectivity index (χ1v) is 11.4. The minimum Gasteiger partial charge on any atom is -0.469 e. The van der Waals surface area contributed by atoms with Crippen molar-refractivity contribution in [2.45, 2.75) is 70.6 Å². The van der Waals surface area contributed by atoms with E-state index in [0.29, 0.717) is 12.8 Å². The molecular weight excluding hydrogens is 388 g/mol. The predicted octanol–water partition coefficient (Wildman–Crippen LogP) is 5.83. The fourth-order valence-electron chi connectivity index (χ4n) is 3.64. The van der Waals surface area contributed by atoms with Crippen molar-refractivity contribution >= 4 is 11.9 Å². The lowest BCUT2D eigenvalue weighted by atomic mass is 9.99. The van der Waals surface area contributed by atoms with Crippen LogP contribution in [-0.4, -0.2) is 26.2 Å². The highest BCUT2D eigenvalue weighted by atomic mass is 16.5. The highest BCUT2D eigenvalue weighted by Gasteiger charge is 2.02. The summed E-state index contributed by atoms with van der Waals surface area (Å²) < 4.78 is 9.33. The average Bonchev–Trinajstić information content (AvgIpc) is 2.80. The van der Waals surface area contributed by atoms with Crippen LogP contribution in [0.3, 0.4) is 0 Å². The van der Waals surface area contributed by atoms with Crippen LogP contribution in [0.1, 0.15) is 73.6 Å². The van der Waals surface area contributed by atoms with Gasteiger partial charge in [-0.05, 0) is 67.2 Å². The third-order valence-corrected chi connectivity index (χ3v) is 5.60.